The lowest BCUT2D eigenvalue weighted by Crippen LogP contribution is -2.48. The summed E-state index contributed by atoms with van der Waals surface area (Å²) in [6, 6.07) is 15.4. The summed E-state index contributed by atoms with van der Waals surface area (Å²) >= 11 is 0. The standard InChI is InChI=1S/C19H16N2O3/c1-23-13-8-6-12(7-9-13)16-19(10-11-19)21-18(24-16)15-5-3-2-4-14(15)17(22)20-21/h2-9,16H,10-11H2,1H3. The van der Waals surface area contributed by atoms with E-state index < -0.39 is 0 Å². The van der Waals surface area contributed by atoms with E-state index >= 15 is 0 Å². The molecule has 1 aromatic heterocycles. The minimum Gasteiger partial charge on any atom is -0.854 e. The second-order valence-electron chi connectivity index (χ2n) is 6.44. The summed E-state index contributed by atoms with van der Waals surface area (Å²) in [5.74, 6) is 1.32. The Labute approximate surface area is 139 Å². The number of aromatic nitrogens is 2. The molecule has 120 valence electrons. The van der Waals surface area contributed by atoms with E-state index in [1.807, 2.05) is 47.1 Å². The van der Waals surface area contributed by atoms with Crippen molar-refractivity contribution in [3.8, 4) is 17.5 Å². The predicted octanol–water partition coefficient (Wildman–Crippen LogP) is 2.23. The van der Waals surface area contributed by atoms with Gasteiger partial charge in [0, 0.05) is 23.8 Å². The van der Waals surface area contributed by atoms with Gasteiger partial charge in [-0.15, -0.1) is 0 Å². The summed E-state index contributed by atoms with van der Waals surface area (Å²) in [4.78, 5) is 0. The van der Waals surface area contributed by atoms with Crippen LogP contribution in [-0.4, -0.2) is 12.2 Å². The number of rotatable bonds is 2. The van der Waals surface area contributed by atoms with Crippen molar-refractivity contribution < 1.29 is 19.3 Å². The van der Waals surface area contributed by atoms with Crippen LogP contribution in [0.15, 0.2) is 48.5 Å². The van der Waals surface area contributed by atoms with Crippen LogP contribution < -0.4 is 19.3 Å². The van der Waals surface area contributed by atoms with Gasteiger partial charge in [0.1, 0.15) is 5.75 Å². The zero-order chi connectivity index (χ0) is 16.3. The number of fused-ring (bicyclic) bond motifs is 4. The number of methoxy groups -OCH3 is 1. The van der Waals surface area contributed by atoms with E-state index in [1.54, 1.807) is 13.2 Å². The molecule has 1 unspecified atom stereocenters. The van der Waals surface area contributed by atoms with Crippen LogP contribution in [0.2, 0.25) is 0 Å². The zero-order valence-electron chi connectivity index (χ0n) is 13.2. The molecule has 1 fully saturated rings. The molecule has 0 bridgehead atoms. The second-order valence-corrected chi connectivity index (χ2v) is 6.44. The summed E-state index contributed by atoms with van der Waals surface area (Å²) < 4.78 is 13.4. The summed E-state index contributed by atoms with van der Waals surface area (Å²) in [7, 11) is 1.65. The molecule has 3 aromatic rings. The Balaban J connectivity index is 1.67. The molecule has 2 aliphatic rings. The van der Waals surface area contributed by atoms with Crippen LogP contribution in [0, 0.1) is 0 Å². The monoisotopic (exact) mass is 320 g/mol. The van der Waals surface area contributed by atoms with E-state index in [4.69, 9.17) is 9.47 Å². The third kappa shape index (κ3) is 1.69. The van der Waals surface area contributed by atoms with Gasteiger partial charge in [0.15, 0.2) is 6.10 Å². The largest absolute Gasteiger partial charge is 0.854 e. The van der Waals surface area contributed by atoms with Crippen LogP contribution in [0.1, 0.15) is 24.5 Å². The van der Waals surface area contributed by atoms with Crippen LogP contribution in [0.4, 0.5) is 0 Å². The predicted molar refractivity (Wildman–Crippen MR) is 85.0 cm³/mol. The van der Waals surface area contributed by atoms with Crippen molar-refractivity contribution in [2.75, 3.05) is 7.11 Å². The van der Waals surface area contributed by atoms with Gasteiger partial charge < -0.3 is 14.6 Å². The summed E-state index contributed by atoms with van der Waals surface area (Å²) in [5, 5.41) is 18.1. The Hall–Kier alpha value is -2.82. The first kappa shape index (κ1) is 13.6. The molecule has 1 saturated carbocycles. The van der Waals surface area contributed by atoms with Crippen LogP contribution >= 0.6 is 0 Å². The van der Waals surface area contributed by atoms with E-state index in [0.29, 0.717) is 11.3 Å². The molecule has 5 heteroatoms. The molecule has 5 nitrogen and oxygen atoms in total. The third-order valence-electron chi connectivity index (χ3n) is 5.09. The van der Waals surface area contributed by atoms with Crippen molar-refractivity contribution in [3.05, 3.63) is 54.1 Å². The Morgan fingerprint density at radius 1 is 1.12 bits per heavy atom. The highest BCUT2D eigenvalue weighted by Crippen LogP contribution is 2.55. The van der Waals surface area contributed by atoms with Gasteiger partial charge in [-0.25, -0.2) is 0 Å². The van der Waals surface area contributed by atoms with E-state index in [2.05, 4.69) is 5.10 Å². The molecule has 24 heavy (non-hydrogen) atoms. The van der Waals surface area contributed by atoms with Crippen LogP contribution in [0.25, 0.3) is 10.8 Å². The fourth-order valence-corrected chi connectivity index (χ4v) is 3.67. The van der Waals surface area contributed by atoms with Gasteiger partial charge in [0.05, 0.1) is 18.4 Å². The van der Waals surface area contributed by atoms with Crippen LogP contribution in [0.5, 0.6) is 17.5 Å². The summed E-state index contributed by atoms with van der Waals surface area (Å²) in [5.41, 5.74) is 0.850. The average Bonchev–Trinajstić information content (AvgIpc) is 3.36. The van der Waals surface area contributed by atoms with Crippen LogP contribution in [0.3, 0.4) is 0 Å². The topological polar surface area (TPSA) is 58.3 Å². The van der Waals surface area contributed by atoms with Gasteiger partial charge >= 0.3 is 5.88 Å². The lowest BCUT2D eigenvalue weighted by molar-refractivity contribution is -0.780. The quantitative estimate of drug-likeness (QED) is 0.680. The van der Waals surface area contributed by atoms with Gasteiger partial charge in [-0.2, -0.15) is 0 Å². The zero-order valence-corrected chi connectivity index (χ0v) is 13.2. The van der Waals surface area contributed by atoms with Crippen molar-refractivity contribution in [2.24, 2.45) is 0 Å². The minimum atomic E-state index is -0.229. The second kappa shape index (κ2) is 4.60. The highest BCUT2D eigenvalue weighted by Gasteiger charge is 2.68. The van der Waals surface area contributed by atoms with E-state index in [1.165, 1.54) is 0 Å². The van der Waals surface area contributed by atoms with Crippen molar-refractivity contribution in [2.45, 2.75) is 24.5 Å². The third-order valence-corrected chi connectivity index (χ3v) is 5.09. The maximum atomic E-state index is 12.4. The number of hydrogen-bond donors (Lipinski definition) is 0. The van der Waals surface area contributed by atoms with Crippen molar-refractivity contribution in [3.63, 3.8) is 0 Å². The smallest absolute Gasteiger partial charge is 0.403 e. The number of ether oxygens (including phenoxy) is 2. The fourth-order valence-electron chi connectivity index (χ4n) is 3.67. The molecule has 5 rings (SSSR count). The average molecular weight is 320 g/mol. The normalized spacial score (nSPS) is 20.0. The molecule has 0 N–H and O–H groups in total. The maximum Gasteiger partial charge on any atom is 0.403 e. The van der Waals surface area contributed by atoms with E-state index in [9.17, 15) is 5.11 Å². The number of benzene rings is 2. The molecular formula is C19H16N2O3. The van der Waals surface area contributed by atoms with E-state index in [0.717, 1.165) is 29.5 Å². The van der Waals surface area contributed by atoms with E-state index in [-0.39, 0.29) is 17.5 Å². The Morgan fingerprint density at radius 2 is 1.83 bits per heavy atom. The van der Waals surface area contributed by atoms with Gasteiger partial charge in [0.2, 0.25) is 5.54 Å². The first-order valence-corrected chi connectivity index (χ1v) is 8.06. The van der Waals surface area contributed by atoms with Gasteiger partial charge in [-0.1, -0.05) is 30.3 Å². The lowest BCUT2D eigenvalue weighted by atomic mass is 10.0. The number of nitrogens with zero attached hydrogens (tertiary/aromatic N) is 2. The Kier molecular flexibility index (Phi) is 2.61. The minimum absolute atomic E-state index is 0.124. The van der Waals surface area contributed by atoms with Crippen molar-refractivity contribution >= 4 is 10.8 Å². The Morgan fingerprint density at radius 3 is 2.50 bits per heavy atom. The lowest BCUT2D eigenvalue weighted by Gasteiger charge is -2.12. The SMILES string of the molecule is COc1ccc(C2Oc3c4ccccc4c([O-])n[n+]3C23CC3)cc1. The Bertz CT molecular complexity index is 949. The number of hydrogen-bond acceptors (Lipinski definition) is 4. The fraction of sp³-hybridized carbons (Fsp3) is 0.263. The molecule has 0 amide bonds. The van der Waals surface area contributed by atoms with Crippen LogP contribution in [-0.2, 0) is 5.54 Å². The van der Waals surface area contributed by atoms with Gasteiger partial charge in [0.25, 0.3) is 0 Å². The van der Waals surface area contributed by atoms with Gasteiger partial charge in [-0.05, 0) is 28.0 Å². The highest BCUT2D eigenvalue weighted by molar-refractivity contribution is 5.89. The highest BCUT2D eigenvalue weighted by atomic mass is 16.5. The summed E-state index contributed by atoms with van der Waals surface area (Å²) in [6.07, 6.45) is 1.80. The molecule has 1 atom stereocenters. The first-order valence-electron chi connectivity index (χ1n) is 8.06. The van der Waals surface area contributed by atoms with Gasteiger partial charge in [-0.3, -0.25) is 0 Å². The summed E-state index contributed by atoms with van der Waals surface area (Å²) in [6.45, 7) is 0. The van der Waals surface area contributed by atoms with Crippen molar-refractivity contribution in [1.82, 2.24) is 5.10 Å². The molecule has 2 heterocycles. The molecular weight excluding hydrogens is 304 g/mol. The first-order chi connectivity index (χ1) is 11.7. The molecule has 1 aliphatic heterocycles. The maximum absolute atomic E-state index is 12.4. The molecule has 2 aromatic carbocycles. The van der Waals surface area contributed by atoms with Crippen molar-refractivity contribution in [1.29, 1.82) is 0 Å². The molecule has 0 saturated heterocycles. The molecule has 1 aliphatic carbocycles. The molecule has 0 radical (unpaired) electrons. The molecule has 1 spiro atoms.